The van der Waals surface area contributed by atoms with Gasteiger partial charge in [-0.2, -0.15) is 5.26 Å². The van der Waals surface area contributed by atoms with Gasteiger partial charge in [-0.1, -0.05) is 50.5 Å². The summed E-state index contributed by atoms with van der Waals surface area (Å²) in [5.41, 5.74) is 2.25. The van der Waals surface area contributed by atoms with Gasteiger partial charge in [0.15, 0.2) is 0 Å². The van der Waals surface area contributed by atoms with Crippen molar-refractivity contribution >= 4 is 17.2 Å². The van der Waals surface area contributed by atoms with Gasteiger partial charge in [0.1, 0.15) is 10.5 Å². The van der Waals surface area contributed by atoms with Gasteiger partial charge in [-0.15, -0.1) is 11.3 Å². The number of amides is 1. The monoisotopic (exact) mass is 355 g/mol. The fraction of sp³-hybridized carbons (Fsp3) is 0.450. The number of nitriles is 1. The molecule has 25 heavy (non-hydrogen) atoms. The second kappa shape index (κ2) is 8.77. The smallest absolute Gasteiger partial charge is 0.227 e. The second-order valence-electron chi connectivity index (χ2n) is 6.43. The quantitative estimate of drug-likeness (QED) is 0.750. The molecule has 0 aliphatic rings. The molecule has 0 unspecified atom stereocenters. The molecule has 132 valence electrons. The van der Waals surface area contributed by atoms with Gasteiger partial charge in [-0.3, -0.25) is 4.79 Å². The molecule has 0 fully saturated rings. The van der Waals surface area contributed by atoms with Crippen molar-refractivity contribution in [3.8, 4) is 16.6 Å². The molecule has 1 heterocycles. The van der Waals surface area contributed by atoms with Crippen LogP contribution in [-0.4, -0.2) is 16.4 Å². The highest BCUT2D eigenvalue weighted by Crippen LogP contribution is 2.25. The number of nitrogens with one attached hydrogen (secondary N) is 1. The molecule has 5 heteroatoms. The largest absolute Gasteiger partial charge is 0.337 e. The molecule has 0 atom stereocenters. The van der Waals surface area contributed by atoms with Crippen LogP contribution in [0.1, 0.15) is 50.8 Å². The van der Waals surface area contributed by atoms with Crippen LogP contribution in [0.4, 0.5) is 0 Å². The average Bonchev–Trinajstić information content (AvgIpc) is 3.03. The highest BCUT2D eigenvalue weighted by atomic mass is 32.1. The predicted octanol–water partition coefficient (Wildman–Crippen LogP) is 4.64. The lowest BCUT2D eigenvalue weighted by Gasteiger charge is -2.27. The third kappa shape index (κ3) is 5.14. The number of carbonyl (C=O) groups is 1. The minimum Gasteiger partial charge on any atom is -0.337 e. The number of hydrogen-bond donors (Lipinski definition) is 1. The number of aryl methyl sites for hydroxylation is 1. The Balaban J connectivity index is 2.07. The van der Waals surface area contributed by atoms with Crippen LogP contribution < -0.4 is 5.32 Å². The maximum atomic E-state index is 12.4. The van der Waals surface area contributed by atoms with Crippen LogP contribution in [-0.2, 0) is 11.2 Å². The van der Waals surface area contributed by atoms with Gasteiger partial charge in [0.25, 0.3) is 0 Å². The summed E-state index contributed by atoms with van der Waals surface area (Å²) >= 11 is 1.54. The molecule has 1 aromatic carbocycles. The standard InChI is InChI=1S/C20H25N3OS/c1-4-9-20(14-21,10-5-2)23-18(24)12-17-13-25-19(22-17)16-8-6-7-15(3)11-16/h6-8,11,13H,4-5,9-10,12H2,1-3H3,(H,23,24). The van der Waals surface area contributed by atoms with Gasteiger partial charge in [0.2, 0.25) is 5.91 Å². The van der Waals surface area contributed by atoms with E-state index in [1.165, 1.54) is 5.56 Å². The van der Waals surface area contributed by atoms with Crippen molar-refractivity contribution in [1.82, 2.24) is 10.3 Å². The van der Waals surface area contributed by atoms with Crippen molar-refractivity contribution in [2.45, 2.75) is 58.4 Å². The summed E-state index contributed by atoms with van der Waals surface area (Å²) in [6.45, 7) is 6.11. The van der Waals surface area contributed by atoms with Crippen LogP contribution in [0.3, 0.4) is 0 Å². The molecule has 2 aromatic rings. The third-order valence-corrected chi connectivity index (χ3v) is 5.04. The number of benzene rings is 1. The molecule has 0 spiro atoms. The Bertz CT molecular complexity index is 754. The SMILES string of the molecule is CCCC(C#N)(CCC)NC(=O)Cc1csc(-c2cccc(C)c2)n1. The molecule has 0 saturated carbocycles. The molecule has 0 aliphatic heterocycles. The van der Waals surface area contributed by atoms with Crippen LogP contribution in [0.15, 0.2) is 29.6 Å². The maximum absolute atomic E-state index is 12.4. The molecule has 4 nitrogen and oxygen atoms in total. The van der Waals surface area contributed by atoms with Gasteiger partial charge >= 0.3 is 0 Å². The topological polar surface area (TPSA) is 65.8 Å². The summed E-state index contributed by atoms with van der Waals surface area (Å²) in [6.07, 6.45) is 3.28. The number of aromatic nitrogens is 1. The van der Waals surface area contributed by atoms with Crippen molar-refractivity contribution < 1.29 is 4.79 Å². The van der Waals surface area contributed by atoms with Crippen LogP contribution >= 0.6 is 11.3 Å². The molecular formula is C20H25N3OS. The Kier molecular flexibility index (Phi) is 6.72. The average molecular weight is 356 g/mol. The summed E-state index contributed by atoms with van der Waals surface area (Å²) < 4.78 is 0. The Hall–Kier alpha value is -2.19. The molecule has 1 N–H and O–H groups in total. The van der Waals surface area contributed by atoms with Crippen molar-refractivity contribution in [2.24, 2.45) is 0 Å². The number of hydrogen-bond acceptors (Lipinski definition) is 4. The van der Waals surface area contributed by atoms with Crippen LogP contribution in [0.5, 0.6) is 0 Å². The zero-order valence-electron chi connectivity index (χ0n) is 15.1. The molecular weight excluding hydrogens is 330 g/mol. The van der Waals surface area contributed by atoms with Gasteiger partial charge in [0.05, 0.1) is 18.2 Å². The highest BCUT2D eigenvalue weighted by molar-refractivity contribution is 7.13. The van der Waals surface area contributed by atoms with Gasteiger partial charge in [0, 0.05) is 10.9 Å². The van der Waals surface area contributed by atoms with Crippen LogP contribution in [0.25, 0.3) is 10.6 Å². The number of carbonyl (C=O) groups excluding carboxylic acids is 1. The van der Waals surface area contributed by atoms with E-state index in [9.17, 15) is 10.1 Å². The minimum absolute atomic E-state index is 0.135. The normalized spacial score (nSPS) is 11.1. The summed E-state index contributed by atoms with van der Waals surface area (Å²) in [5, 5.41) is 15.3. The molecule has 0 bridgehead atoms. The maximum Gasteiger partial charge on any atom is 0.227 e. The zero-order chi connectivity index (χ0) is 18.3. The third-order valence-electron chi connectivity index (χ3n) is 4.10. The van der Waals surface area contributed by atoms with Crippen molar-refractivity contribution in [3.05, 3.63) is 40.9 Å². The lowest BCUT2D eigenvalue weighted by molar-refractivity contribution is -0.122. The van der Waals surface area contributed by atoms with E-state index in [-0.39, 0.29) is 12.3 Å². The van der Waals surface area contributed by atoms with Crippen LogP contribution in [0, 0.1) is 18.3 Å². The second-order valence-corrected chi connectivity index (χ2v) is 7.29. The Morgan fingerprint density at radius 1 is 1.32 bits per heavy atom. The molecule has 2 rings (SSSR count). The molecule has 1 aromatic heterocycles. The Morgan fingerprint density at radius 2 is 2.04 bits per heavy atom. The van der Waals surface area contributed by atoms with Crippen molar-refractivity contribution in [2.75, 3.05) is 0 Å². The van der Waals surface area contributed by atoms with Gasteiger partial charge < -0.3 is 5.32 Å². The lowest BCUT2D eigenvalue weighted by Crippen LogP contribution is -2.47. The predicted molar refractivity (Wildman–Crippen MR) is 102 cm³/mol. The van der Waals surface area contributed by atoms with E-state index in [1.807, 2.05) is 31.4 Å². The van der Waals surface area contributed by atoms with Crippen molar-refractivity contribution in [3.63, 3.8) is 0 Å². The van der Waals surface area contributed by atoms with E-state index in [1.54, 1.807) is 11.3 Å². The molecule has 1 amide bonds. The van der Waals surface area contributed by atoms with E-state index < -0.39 is 5.54 Å². The van der Waals surface area contributed by atoms with E-state index in [0.717, 1.165) is 29.1 Å². The van der Waals surface area contributed by atoms with Crippen molar-refractivity contribution in [1.29, 1.82) is 5.26 Å². The van der Waals surface area contributed by atoms with E-state index in [4.69, 9.17) is 0 Å². The molecule has 0 aliphatic carbocycles. The first-order valence-electron chi connectivity index (χ1n) is 8.75. The van der Waals surface area contributed by atoms with E-state index >= 15 is 0 Å². The first kappa shape index (κ1) is 19.1. The first-order valence-corrected chi connectivity index (χ1v) is 9.63. The highest BCUT2D eigenvalue weighted by Gasteiger charge is 2.30. The summed E-state index contributed by atoms with van der Waals surface area (Å²) in [4.78, 5) is 17.0. The number of thiazole rings is 1. The lowest BCUT2D eigenvalue weighted by atomic mass is 9.90. The Morgan fingerprint density at radius 3 is 2.64 bits per heavy atom. The molecule has 0 saturated heterocycles. The van der Waals surface area contributed by atoms with Gasteiger partial charge in [-0.05, 0) is 25.8 Å². The fourth-order valence-corrected chi connectivity index (χ4v) is 3.83. The fourth-order valence-electron chi connectivity index (χ4n) is 3.02. The summed E-state index contributed by atoms with van der Waals surface area (Å²) in [5.74, 6) is -0.135. The summed E-state index contributed by atoms with van der Waals surface area (Å²) in [6, 6.07) is 10.5. The minimum atomic E-state index is -0.754. The first-order chi connectivity index (χ1) is 12.0. The number of nitrogens with zero attached hydrogens (tertiary/aromatic N) is 2. The Labute approximate surface area is 153 Å². The zero-order valence-corrected chi connectivity index (χ0v) is 15.9. The van der Waals surface area contributed by atoms with E-state index in [2.05, 4.69) is 35.4 Å². The van der Waals surface area contributed by atoms with E-state index in [0.29, 0.717) is 12.8 Å². The van der Waals surface area contributed by atoms with Crippen LogP contribution in [0.2, 0.25) is 0 Å². The molecule has 0 radical (unpaired) electrons. The summed E-state index contributed by atoms with van der Waals surface area (Å²) in [7, 11) is 0. The van der Waals surface area contributed by atoms with Gasteiger partial charge in [-0.25, -0.2) is 4.98 Å². The number of rotatable bonds is 8.